The van der Waals surface area contributed by atoms with Crippen LogP contribution in [0.5, 0.6) is 11.5 Å². The van der Waals surface area contributed by atoms with Gasteiger partial charge in [-0.05, 0) is 37.5 Å². The van der Waals surface area contributed by atoms with Crippen molar-refractivity contribution in [2.45, 2.75) is 19.3 Å². The second-order valence-electron chi connectivity index (χ2n) is 6.97. The molecule has 1 aliphatic carbocycles. The molecule has 1 aromatic carbocycles. The van der Waals surface area contributed by atoms with Crippen molar-refractivity contribution in [1.29, 1.82) is 0 Å². The standard InChI is InChI=1S/C20H28N2O3/c1-24-18-9-8-17(14-19(18)25-2)20(23)22-12-10-21(11-13-22)15-16-6-4-3-5-7-16/h3-4,8-9,14,16H,5-7,10-13,15H2,1-2H3/p+1/t16-/m1/s1. The molecule has 2 aliphatic rings. The molecule has 0 saturated carbocycles. The predicted octanol–water partition coefficient (Wildman–Crippen LogP) is 1.40. The average Bonchev–Trinajstić information content (AvgIpc) is 2.68. The van der Waals surface area contributed by atoms with E-state index in [2.05, 4.69) is 12.2 Å². The largest absolute Gasteiger partial charge is 0.493 e. The molecule has 3 rings (SSSR count). The highest BCUT2D eigenvalue weighted by atomic mass is 16.5. The number of quaternary nitrogens is 1. The number of rotatable bonds is 5. The Labute approximate surface area is 150 Å². The fraction of sp³-hybridized carbons (Fsp3) is 0.550. The van der Waals surface area contributed by atoms with E-state index in [-0.39, 0.29) is 5.91 Å². The number of carbonyl (C=O) groups excluding carboxylic acids is 1. The first-order valence-corrected chi connectivity index (χ1v) is 9.21. The first kappa shape index (κ1) is 17.8. The molecule has 0 unspecified atom stereocenters. The van der Waals surface area contributed by atoms with Crippen molar-refractivity contribution < 1.29 is 19.2 Å². The third-order valence-electron chi connectivity index (χ3n) is 5.34. The highest BCUT2D eigenvalue weighted by Gasteiger charge is 2.27. The van der Waals surface area contributed by atoms with Gasteiger partial charge in [-0.25, -0.2) is 0 Å². The maximum Gasteiger partial charge on any atom is 0.254 e. The van der Waals surface area contributed by atoms with Crippen molar-refractivity contribution >= 4 is 5.91 Å². The van der Waals surface area contributed by atoms with Gasteiger partial charge in [0.05, 0.1) is 46.9 Å². The zero-order valence-electron chi connectivity index (χ0n) is 15.3. The average molecular weight is 345 g/mol. The summed E-state index contributed by atoms with van der Waals surface area (Å²) in [7, 11) is 3.19. The quantitative estimate of drug-likeness (QED) is 0.821. The molecular weight excluding hydrogens is 316 g/mol. The number of amides is 1. The molecule has 0 spiro atoms. The number of methoxy groups -OCH3 is 2. The first-order chi connectivity index (χ1) is 12.2. The van der Waals surface area contributed by atoms with Crippen molar-refractivity contribution in [2.24, 2.45) is 5.92 Å². The summed E-state index contributed by atoms with van der Waals surface area (Å²) in [6, 6.07) is 5.39. The number of carbonyl (C=O) groups is 1. The normalized spacial score (nSPS) is 21.2. The van der Waals surface area contributed by atoms with Crippen LogP contribution in [-0.2, 0) is 0 Å². The summed E-state index contributed by atoms with van der Waals surface area (Å²) in [5, 5.41) is 0. The van der Waals surface area contributed by atoms with E-state index in [9.17, 15) is 4.79 Å². The van der Waals surface area contributed by atoms with E-state index in [1.54, 1.807) is 31.3 Å². The number of piperazine rings is 1. The highest BCUT2D eigenvalue weighted by molar-refractivity contribution is 5.95. The molecule has 1 N–H and O–H groups in total. The Kier molecular flexibility index (Phi) is 5.97. The second kappa shape index (κ2) is 8.39. The minimum atomic E-state index is 0.0839. The molecule has 1 heterocycles. The molecule has 0 radical (unpaired) electrons. The molecule has 1 fully saturated rings. The Morgan fingerprint density at radius 1 is 1.16 bits per heavy atom. The number of hydrogen-bond acceptors (Lipinski definition) is 3. The second-order valence-corrected chi connectivity index (χ2v) is 6.97. The van der Waals surface area contributed by atoms with E-state index in [4.69, 9.17) is 9.47 Å². The van der Waals surface area contributed by atoms with Gasteiger partial charge in [0.1, 0.15) is 0 Å². The Morgan fingerprint density at radius 2 is 1.92 bits per heavy atom. The van der Waals surface area contributed by atoms with Gasteiger partial charge in [0.25, 0.3) is 5.91 Å². The Balaban J connectivity index is 1.55. The smallest absolute Gasteiger partial charge is 0.254 e. The molecule has 25 heavy (non-hydrogen) atoms. The van der Waals surface area contributed by atoms with Crippen molar-refractivity contribution in [3.63, 3.8) is 0 Å². The predicted molar refractivity (Wildman–Crippen MR) is 97.5 cm³/mol. The Morgan fingerprint density at radius 3 is 2.56 bits per heavy atom. The fourth-order valence-electron chi connectivity index (χ4n) is 3.83. The molecule has 1 aliphatic heterocycles. The zero-order valence-corrected chi connectivity index (χ0v) is 15.3. The van der Waals surface area contributed by atoms with Crippen LogP contribution in [-0.4, -0.2) is 57.8 Å². The fourth-order valence-corrected chi connectivity index (χ4v) is 3.83. The Hall–Kier alpha value is -2.01. The Bertz CT molecular complexity index is 621. The SMILES string of the molecule is COc1ccc(C(=O)N2CC[NH+](C[C@@H]3CC=CCC3)CC2)cc1OC. The zero-order chi connectivity index (χ0) is 17.6. The van der Waals surface area contributed by atoms with Gasteiger partial charge in [0.2, 0.25) is 0 Å². The van der Waals surface area contributed by atoms with Crippen molar-refractivity contribution in [3.8, 4) is 11.5 Å². The number of allylic oxidation sites excluding steroid dienone is 2. The summed E-state index contributed by atoms with van der Waals surface area (Å²) in [6.07, 6.45) is 8.38. The summed E-state index contributed by atoms with van der Waals surface area (Å²) in [5.74, 6) is 2.14. The van der Waals surface area contributed by atoms with Gasteiger partial charge < -0.3 is 19.3 Å². The van der Waals surface area contributed by atoms with Crippen LogP contribution in [0.3, 0.4) is 0 Å². The van der Waals surface area contributed by atoms with Gasteiger partial charge in [0, 0.05) is 11.5 Å². The molecule has 5 heteroatoms. The van der Waals surface area contributed by atoms with Crippen LogP contribution in [0.1, 0.15) is 29.6 Å². The lowest BCUT2D eigenvalue weighted by atomic mass is 9.94. The van der Waals surface area contributed by atoms with Gasteiger partial charge in [-0.3, -0.25) is 4.79 Å². The van der Waals surface area contributed by atoms with E-state index < -0.39 is 0 Å². The van der Waals surface area contributed by atoms with Gasteiger partial charge in [-0.1, -0.05) is 12.2 Å². The summed E-state index contributed by atoms with van der Waals surface area (Å²) in [4.78, 5) is 16.4. The lowest BCUT2D eigenvalue weighted by Crippen LogP contribution is -3.15. The lowest BCUT2D eigenvalue weighted by Gasteiger charge is -2.34. The molecule has 1 saturated heterocycles. The van der Waals surface area contributed by atoms with Crippen LogP contribution in [0.2, 0.25) is 0 Å². The third-order valence-corrected chi connectivity index (χ3v) is 5.34. The van der Waals surface area contributed by atoms with Crippen LogP contribution in [0.15, 0.2) is 30.4 Å². The maximum absolute atomic E-state index is 12.8. The molecule has 136 valence electrons. The van der Waals surface area contributed by atoms with E-state index in [1.165, 1.54) is 25.8 Å². The monoisotopic (exact) mass is 345 g/mol. The summed E-state index contributed by atoms with van der Waals surface area (Å²) < 4.78 is 10.6. The van der Waals surface area contributed by atoms with Crippen molar-refractivity contribution in [1.82, 2.24) is 4.90 Å². The van der Waals surface area contributed by atoms with Crippen LogP contribution in [0.4, 0.5) is 0 Å². The van der Waals surface area contributed by atoms with Crippen molar-refractivity contribution in [2.75, 3.05) is 46.9 Å². The summed E-state index contributed by atoms with van der Waals surface area (Å²) in [5.41, 5.74) is 0.665. The summed E-state index contributed by atoms with van der Waals surface area (Å²) in [6.45, 7) is 4.97. The van der Waals surface area contributed by atoms with Crippen LogP contribution in [0, 0.1) is 5.92 Å². The topological polar surface area (TPSA) is 43.2 Å². The first-order valence-electron chi connectivity index (χ1n) is 9.21. The molecule has 1 aromatic rings. The van der Waals surface area contributed by atoms with E-state index in [0.717, 1.165) is 32.1 Å². The number of hydrogen-bond donors (Lipinski definition) is 1. The van der Waals surface area contributed by atoms with Gasteiger partial charge in [0.15, 0.2) is 11.5 Å². The summed E-state index contributed by atoms with van der Waals surface area (Å²) >= 11 is 0. The highest BCUT2D eigenvalue weighted by Crippen LogP contribution is 2.28. The van der Waals surface area contributed by atoms with E-state index in [0.29, 0.717) is 17.1 Å². The van der Waals surface area contributed by atoms with Gasteiger partial charge >= 0.3 is 0 Å². The van der Waals surface area contributed by atoms with E-state index >= 15 is 0 Å². The van der Waals surface area contributed by atoms with E-state index in [1.807, 2.05) is 11.0 Å². The number of ether oxygens (including phenoxy) is 2. The number of nitrogens with zero attached hydrogens (tertiary/aromatic N) is 1. The molecule has 1 atom stereocenters. The van der Waals surface area contributed by atoms with Gasteiger partial charge in [-0.15, -0.1) is 0 Å². The van der Waals surface area contributed by atoms with Crippen LogP contribution in [0.25, 0.3) is 0 Å². The third kappa shape index (κ3) is 4.34. The number of benzene rings is 1. The molecule has 0 aromatic heterocycles. The van der Waals surface area contributed by atoms with Crippen molar-refractivity contribution in [3.05, 3.63) is 35.9 Å². The maximum atomic E-state index is 12.8. The number of nitrogens with one attached hydrogen (secondary N) is 1. The molecule has 0 bridgehead atoms. The van der Waals surface area contributed by atoms with Crippen LogP contribution >= 0.6 is 0 Å². The minimum Gasteiger partial charge on any atom is -0.493 e. The van der Waals surface area contributed by atoms with Crippen LogP contribution < -0.4 is 14.4 Å². The molecule has 5 nitrogen and oxygen atoms in total. The molecule has 1 amide bonds. The molecular formula is C20H29N2O3+. The lowest BCUT2D eigenvalue weighted by molar-refractivity contribution is -0.907. The minimum absolute atomic E-state index is 0.0839. The van der Waals surface area contributed by atoms with Gasteiger partial charge in [-0.2, -0.15) is 0 Å².